The van der Waals surface area contributed by atoms with Gasteiger partial charge in [0.2, 0.25) is 0 Å². The van der Waals surface area contributed by atoms with Crippen molar-refractivity contribution in [3.63, 3.8) is 0 Å². The summed E-state index contributed by atoms with van der Waals surface area (Å²) in [7, 11) is -0.111. The normalized spacial score (nSPS) is 15.2. The predicted molar refractivity (Wildman–Crippen MR) is 70.7 cm³/mol. The zero-order valence-corrected chi connectivity index (χ0v) is 11.0. The SMILES string of the molecule is Cc1cccc([SiH2]CC2=CCC=C2)c1C. The second kappa shape index (κ2) is 4.62. The maximum absolute atomic E-state index is 2.36. The second-order valence-electron chi connectivity index (χ2n) is 4.28. The van der Waals surface area contributed by atoms with Crippen molar-refractivity contribution in [2.75, 3.05) is 0 Å². The molecule has 0 bridgehead atoms. The molecule has 78 valence electrons. The summed E-state index contributed by atoms with van der Waals surface area (Å²) in [4.78, 5) is 0. The van der Waals surface area contributed by atoms with E-state index in [1.807, 2.05) is 0 Å². The lowest BCUT2D eigenvalue weighted by Gasteiger charge is -2.07. The molecule has 15 heavy (non-hydrogen) atoms. The third-order valence-electron chi connectivity index (χ3n) is 3.25. The summed E-state index contributed by atoms with van der Waals surface area (Å²) in [5, 5.41) is 1.64. The Morgan fingerprint density at radius 1 is 1.27 bits per heavy atom. The largest absolute Gasteiger partial charge is 0.0805 e. The lowest BCUT2D eigenvalue weighted by Crippen LogP contribution is -2.18. The lowest BCUT2D eigenvalue weighted by molar-refractivity contribution is 1.36. The van der Waals surface area contributed by atoms with Crippen LogP contribution >= 0.6 is 0 Å². The molecule has 1 heteroatoms. The fourth-order valence-corrected chi connectivity index (χ4v) is 3.94. The molecule has 2 rings (SSSR count). The minimum atomic E-state index is -0.111. The molecule has 1 aromatic carbocycles. The number of benzene rings is 1. The third-order valence-corrected chi connectivity index (χ3v) is 5.38. The molecule has 0 heterocycles. The van der Waals surface area contributed by atoms with Crippen LogP contribution in [-0.2, 0) is 0 Å². The van der Waals surface area contributed by atoms with Gasteiger partial charge < -0.3 is 0 Å². The molecule has 0 fully saturated rings. The number of rotatable bonds is 3. The number of hydrogen-bond donors (Lipinski definition) is 0. The predicted octanol–water partition coefficient (Wildman–Crippen LogP) is 2.40. The molecule has 0 aromatic heterocycles. The topological polar surface area (TPSA) is 0 Å². The first-order valence-corrected chi connectivity index (χ1v) is 7.39. The van der Waals surface area contributed by atoms with E-state index < -0.39 is 0 Å². The Bertz CT molecular complexity index is 413. The van der Waals surface area contributed by atoms with Gasteiger partial charge in [-0.15, -0.1) is 0 Å². The van der Waals surface area contributed by atoms with Crippen molar-refractivity contribution in [3.8, 4) is 0 Å². The summed E-state index contributed by atoms with van der Waals surface area (Å²) in [6.45, 7) is 4.47. The van der Waals surface area contributed by atoms with E-state index in [9.17, 15) is 0 Å². The summed E-state index contributed by atoms with van der Waals surface area (Å²) < 4.78 is 0. The summed E-state index contributed by atoms with van der Waals surface area (Å²) in [6.07, 6.45) is 8.06. The van der Waals surface area contributed by atoms with E-state index in [4.69, 9.17) is 0 Å². The number of aryl methyl sites for hydroxylation is 1. The molecular formula is C14H18Si. The third kappa shape index (κ3) is 2.48. The maximum Gasteiger partial charge on any atom is 0.0594 e. The van der Waals surface area contributed by atoms with Gasteiger partial charge in [0.15, 0.2) is 0 Å². The Morgan fingerprint density at radius 2 is 2.13 bits per heavy atom. The van der Waals surface area contributed by atoms with Gasteiger partial charge in [-0.05, 0) is 37.4 Å². The fraction of sp³-hybridized carbons (Fsp3) is 0.286. The van der Waals surface area contributed by atoms with Crippen LogP contribution in [0.4, 0.5) is 0 Å². The second-order valence-corrected chi connectivity index (χ2v) is 6.04. The van der Waals surface area contributed by atoms with E-state index in [2.05, 4.69) is 50.3 Å². The van der Waals surface area contributed by atoms with E-state index in [-0.39, 0.29) is 9.52 Å². The Morgan fingerprint density at radius 3 is 2.87 bits per heavy atom. The van der Waals surface area contributed by atoms with E-state index >= 15 is 0 Å². The Kier molecular flexibility index (Phi) is 3.22. The molecule has 0 unspecified atom stereocenters. The first kappa shape index (κ1) is 10.4. The van der Waals surface area contributed by atoms with Crippen molar-refractivity contribution in [1.82, 2.24) is 0 Å². The molecule has 0 aliphatic heterocycles. The van der Waals surface area contributed by atoms with Crippen molar-refractivity contribution in [2.24, 2.45) is 0 Å². The molecule has 1 aliphatic rings. The van der Waals surface area contributed by atoms with E-state index in [1.54, 1.807) is 10.8 Å². The van der Waals surface area contributed by atoms with Gasteiger partial charge in [0.05, 0.1) is 9.52 Å². The minimum absolute atomic E-state index is 0.111. The molecule has 1 aliphatic carbocycles. The molecule has 0 radical (unpaired) electrons. The van der Waals surface area contributed by atoms with Crippen LogP contribution in [0.2, 0.25) is 6.04 Å². The average Bonchev–Trinajstić information content (AvgIpc) is 2.73. The standard InChI is InChI=1S/C14H18Si/c1-11-6-5-9-14(12(11)2)15-10-13-7-3-4-8-13/h3,5-9H,4,10,15H2,1-2H3. The van der Waals surface area contributed by atoms with Crippen molar-refractivity contribution < 1.29 is 0 Å². The quantitative estimate of drug-likeness (QED) is 0.678. The van der Waals surface area contributed by atoms with Crippen LogP contribution in [0.5, 0.6) is 0 Å². The van der Waals surface area contributed by atoms with E-state index in [0.29, 0.717) is 0 Å². The smallest absolute Gasteiger partial charge is 0.0594 e. The van der Waals surface area contributed by atoms with Gasteiger partial charge in [-0.1, -0.05) is 47.2 Å². The molecule has 0 N–H and O–H groups in total. The fourth-order valence-electron chi connectivity index (χ4n) is 2.05. The summed E-state index contributed by atoms with van der Waals surface area (Å²) in [5.74, 6) is 0. The molecular weight excluding hydrogens is 196 g/mol. The van der Waals surface area contributed by atoms with E-state index in [1.165, 1.54) is 17.2 Å². The molecule has 0 amide bonds. The monoisotopic (exact) mass is 214 g/mol. The van der Waals surface area contributed by atoms with Crippen molar-refractivity contribution in [3.05, 3.63) is 53.1 Å². The maximum atomic E-state index is 2.36. The Labute approximate surface area is 94.5 Å². The van der Waals surface area contributed by atoms with Crippen molar-refractivity contribution in [1.29, 1.82) is 0 Å². The lowest BCUT2D eigenvalue weighted by atomic mass is 10.1. The molecule has 0 spiro atoms. The molecule has 0 saturated heterocycles. The highest BCUT2D eigenvalue weighted by atomic mass is 28.2. The van der Waals surface area contributed by atoms with Gasteiger partial charge in [-0.3, -0.25) is 0 Å². The van der Waals surface area contributed by atoms with Gasteiger partial charge in [0.1, 0.15) is 0 Å². The zero-order valence-electron chi connectivity index (χ0n) is 9.59. The van der Waals surface area contributed by atoms with Crippen molar-refractivity contribution in [2.45, 2.75) is 26.3 Å². The van der Waals surface area contributed by atoms with Gasteiger partial charge in [0.25, 0.3) is 0 Å². The summed E-state index contributed by atoms with van der Waals surface area (Å²) in [5.41, 5.74) is 4.52. The zero-order chi connectivity index (χ0) is 10.7. The first-order valence-electron chi connectivity index (χ1n) is 5.68. The van der Waals surface area contributed by atoms with Crippen LogP contribution in [0, 0.1) is 13.8 Å². The number of allylic oxidation sites excluding steroid dienone is 4. The molecule has 0 nitrogen and oxygen atoms in total. The Hall–Kier alpha value is -1.08. The van der Waals surface area contributed by atoms with Gasteiger partial charge in [-0.25, -0.2) is 0 Å². The van der Waals surface area contributed by atoms with E-state index in [0.717, 1.165) is 6.42 Å². The van der Waals surface area contributed by atoms with Gasteiger partial charge >= 0.3 is 0 Å². The van der Waals surface area contributed by atoms with Gasteiger partial charge in [0, 0.05) is 0 Å². The van der Waals surface area contributed by atoms with Crippen LogP contribution < -0.4 is 5.19 Å². The van der Waals surface area contributed by atoms with Crippen LogP contribution in [0.15, 0.2) is 42.0 Å². The molecule has 0 atom stereocenters. The minimum Gasteiger partial charge on any atom is -0.0805 e. The van der Waals surface area contributed by atoms with Crippen LogP contribution in [0.1, 0.15) is 17.5 Å². The first-order chi connectivity index (χ1) is 7.27. The van der Waals surface area contributed by atoms with Crippen LogP contribution in [-0.4, -0.2) is 9.52 Å². The highest BCUT2D eigenvalue weighted by Crippen LogP contribution is 2.13. The van der Waals surface area contributed by atoms with Crippen molar-refractivity contribution >= 4 is 14.7 Å². The highest BCUT2D eigenvalue weighted by molar-refractivity contribution is 6.54. The van der Waals surface area contributed by atoms with Crippen LogP contribution in [0.3, 0.4) is 0 Å². The summed E-state index contributed by atoms with van der Waals surface area (Å²) in [6, 6.07) is 8.04. The van der Waals surface area contributed by atoms with Crippen LogP contribution in [0.25, 0.3) is 0 Å². The number of hydrogen-bond acceptors (Lipinski definition) is 0. The average molecular weight is 214 g/mol. The molecule has 1 aromatic rings. The highest BCUT2D eigenvalue weighted by Gasteiger charge is 2.03. The van der Waals surface area contributed by atoms with Gasteiger partial charge in [-0.2, -0.15) is 0 Å². The summed E-state index contributed by atoms with van der Waals surface area (Å²) >= 11 is 0. The Balaban J connectivity index is 2.04. The molecule has 0 saturated carbocycles.